The van der Waals surface area contributed by atoms with Crippen LogP contribution in [0.15, 0.2) is 41.4 Å². The van der Waals surface area contributed by atoms with E-state index in [0.717, 1.165) is 18.2 Å². The normalized spacial score (nSPS) is 12.4. The average Bonchev–Trinajstić information content (AvgIpc) is 2.71. The first-order chi connectivity index (χ1) is 13.5. The highest BCUT2D eigenvalue weighted by Gasteiger charge is 2.15. The molecule has 3 N–H and O–H groups in total. The molecular formula is C20H25F2N3O3. The second-order valence-electron chi connectivity index (χ2n) is 5.94. The number of rotatable bonds is 8. The van der Waals surface area contributed by atoms with Crippen LogP contribution in [-0.4, -0.2) is 38.4 Å². The van der Waals surface area contributed by atoms with Crippen molar-refractivity contribution in [2.24, 2.45) is 4.99 Å². The van der Waals surface area contributed by atoms with Crippen LogP contribution in [0.4, 0.5) is 8.78 Å². The second kappa shape index (κ2) is 10.5. The van der Waals surface area contributed by atoms with E-state index in [2.05, 4.69) is 15.6 Å². The Labute approximate surface area is 163 Å². The standard InChI is InChI=1S/C20H25F2N3O3/c1-4-23-20(24-11-13-9-14(21)5-7-17(13)22)25-12-18(26)16-10-15(27-2)6-8-19(16)28-3/h5-10,18,26H,4,11-12H2,1-3H3,(H2,23,24,25). The van der Waals surface area contributed by atoms with E-state index in [1.54, 1.807) is 18.2 Å². The first kappa shape index (κ1) is 21.4. The lowest BCUT2D eigenvalue weighted by molar-refractivity contribution is 0.176. The Balaban J connectivity index is 2.09. The molecule has 152 valence electrons. The number of halogens is 2. The maximum atomic E-state index is 13.8. The summed E-state index contributed by atoms with van der Waals surface area (Å²) in [7, 11) is 3.06. The van der Waals surface area contributed by atoms with Gasteiger partial charge in [0.25, 0.3) is 0 Å². The highest BCUT2D eigenvalue weighted by Crippen LogP contribution is 2.29. The van der Waals surface area contributed by atoms with Crippen molar-refractivity contribution in [3.63, 3.8) is 0 Å². The van der Waals surface area contributed by atoms with E-state index in [9.17, 15) is 13.9 Å². The molecule has 0 aliphatic heterocycles. The quantitative estimate of drug-likeness (QED) is 0.475. The molecule has 0 saturated heterocycles. The van der Waals surface area contributed by atoms with E-state index in [-0.39, 0.29) is 18.7 Å². The predicted molar refractivity (Wildman–Crippen MR) is 104 cm³/mol. The molecule has 1 unspecified atom stereocenters. The van der Waals surface area contributed by atoms with E-state index in [1.165, 1.54) is 14.2 Å². The summed E-state index contributed by atoms with van der Waals surface area (Å²) in [6.07, 6.45) is -0.903. The maximum Gasteiger partial charge on any atom is 0.191 e. The van der Waals surface area contributed by atoms with Crippen LogP contribution in [0.25, 0.3) is 0 Å². The molecule has 0 aliphatic carbocycles. The van der Waals surface area contributed by atoms with Crippen LogP contribution in [0, 0.1) is 11.6 Å². The Bertz CT molecular complexity index is 815. The van der Waals surface area contributed by atoms with Gasteiger partial charge in [0.15, 0.2) is 5.96 Å². The van der Waals surface area contributed by atoms with Crippen LogP contribution < -0.4 is 20.1 Å². The summed E-state index contributed by atoms with van der Waals surface area (Å²) in [6.45, 7) is 2.52. The molecular weight excluding hydrogens is 368 g/mol. The summed E-state index contributed by atoms with van der Waals surface area (Å²) in [5, 5.41) is 16.5. The predicted octanol–water partition coefficient (Wildman–Crippen LogP) is 2.77. The van der Waals surface area contributed by atoms with Crippen molar-refractivity contribution in [2.75, 3.05) is 27.3 Å². The topological polar surface area (TPSA) is 75.1 Å². The molecule has 0 aliphatic rings. The number of ether oxygens (including phenoxy) is 2. The molecule has 0 saturated carbocycles. The van der Waals surface area contributed by atoms with Gasteiger partial charge < -0.3 is 25.2 Å². The lowest BCUT2D eigenvalue weighted by Gasteiger charge is -2.18. The van der Waals surface area contributed by atoms with Crippen LogP contribution in [0.3, 0.4) is 0 Å². The van der Waals surface area contributed by atoms with Gasteiger partial charge >= 0.3 is 0 Å². The molecule has 1 atom stereocenters. The highest BCUT2D eigenvalue weighted by molar-refractivity contribution is 5.79. The number of aliphatic hydroxyl groups excluding tert-OH is 1. The molecule has 2 aromatic rings. The monoisotopic (exact) mass is 393 g/mol. The van der Waals surface area contributed by atoms with Crippen LogP contribution in [0.5, 0.6) is 11.5 Å². The zero-order chi connectivity index (χ0) is 20.5. The zero-order valence-electron chi connectivity index (χ0n) is 16.1. The van der Waals surface area contributed by atoms with Gasteiger partial charge in [-0.15, -0.1) is 0 Å². The third kappa shape index (κ3) is 5.82. The molecule has 6 nitrogen and oxygen atoms in total. The van der Waals surface area contributed by atoms with E-state index >= 15 is 0 Å². The number of hydrogen-bond donors (Lipinski definition) is 3. The minimum atomic E-state index is -0.903. The Hall–Kier alpha value is -2.87. The van der Waals surface area contributed by atoms with Gasteiger partial charge in [0.2, 0.25) is 0 Å². The van der Waals surface area contributed by atoms with Gasteiger partial charge in [-0.1, -0.05) is 0 Å². The third-order valence-electron chi connectivity index (χ3n) is 4.02. The first-order valence-corrected chi connectivity index (χ1v) is 8.84. The van der Waals surface area contributed by atoms with Crippen molar-refractivity contribution in [3.05, 3.63) is 59.2 Å². The fraction of sp³-hybridized carbons (Fsp3) is 0.350. The van der Waals surface area contributed by atoms with Gasteiger partial charge in [-0.25, -0.2) is 13.8 Å². The van der Waals surface area contributed by atoms with Crippen molar-refractivity contribution in [1.29, 1.82) is 0 Å². The van der Waals surface area contributed by atoms with Crippen LogP contribution >= 0.6 is 0 Å². The number of hydrogen-bond acceptors (Lipinski definition) is 4. The summed E-state index contributed by atoms with van der Waals surface area (Å²) in [4.78, 5) is 4.25. The van der Waals surface area contributed by atoms with E-state index in [1.807, 2.05) is 6.92 Å². The summed E-state index contributed by atoms with van der Waals surface area (Å²) in [5.74, 6) is 0.440. The van der Waals surface area contributed by atoms with Gasteiger partial charge in [0.1, 0.15) is 23.1 Å². The van der Waals surface area contributed by atoms with Crippen molar-refractivity contribution in [1.82, 2.24) is 10.6 Å². The number of methoxy groups -OCH3 is 2. The van der Waals surface area contributed by atoms with E-state index in [0.29, 0.717) is 29.6 Å². The fourth-order valence-corrected chi connectivity index (χ4v) is 2.57. The van der Waals surface area contributed by atoms with E-state index in [4.69, 9.17) is 9.47 Å². The van der Waals surface area contributed by atoms with Gasteiger partial charge in [-0.05, 0) is 43.3 Å². The SMILES string of the molecule is CCNC(=NCc1cc(F)ccc1F)NCC(O)c1cc(OC)ccc1OC. The third-order valence-corrected chi connectivity index (χ3v) is 4.02. The van der Waals surface area contributed by atoms with E-state index < -0.39 is 17.7 Å². The minimum Gasteiger partial charge on any atom is -0.497 e. The molecule has 0 aromatic heterocycles. The molecule has 0 heterocycles. The molecule has 0 fully saturated rings. The largest absolute Gasteiger partial charge is 0.497 e. The number of guanidine groups is 1. The fourth-order valence-electron chi connectivity index (χ4n) is 2.57. The Morgan fingerprint density at radius 1 is 1.11 bits per heavy atom. The lowest BCUT2D eigenvalue weighted by Crippen LogP contribution is -2.39. The molecule has 0 spiro atoms. The van der Waals surface area contributed by atoms with Gasteiger partial charge in [0.05, 0.1) is 26.9 Å². The number of aliphatic hydroxyl groups is 1. The Morgan fingerprint density at radius 2 is 1.89 bits per heavy atom. The molecule has 28 heavy (non-hydrogen) atoms. The summed E-state index contributed by atoms with van der Waals surface area (Å²) in [6, 6.07) is 8.38. The Morgan fingerprint density at radius 3 is 2.57 bits per heavy atom. The van der Waals surface area contributed by atoms with Crippen molar-refractivity contribution >= 4 is 5.96 Å². The smallest absolute Gasteiger partial charge is 0.191 e. The average molecular weight is 393 g/mol. The van der Waals surface area contributed by atoms with Gasteiger partial charge in [-0.3, -0.25) is 0 Å². The van der Waals surface area contributed by atoms with Crippen molar-refractivity contribution in [2.45, 2.75) is 19.6 Å². The molecule has 2 aromatic carbocycles. The van der Waals surface area contributed by atoms with Crippen LogP contribution in [-0.2, 0) is 6.54 Å². The van der Waals surface area contributed by atoms with Gasteiger partial charge in [-0.2, -0.15) is 0 Å². The highest BCUT2D eigenvalue weighted by atomic mass is 19.1. The zero-order valence-corrected chi connectivity index (χ0v) is 16.1. The molecule has 2 rings (SSSR count). The van der Waals surface area contributed by atoms with Gasteiger partial charge in [0, 0.05) is 24.2 Å². The Kier molecular flexibility index (Phi) is 8.01. The summed E-state index contributed by atoms with van der Waals surface area (Å²) in [5.41, 5.74) is 0.702. The number of nitrogens with one attached hydrogen (secondary N) is 2. The second-order valence-corrected chi connectivity index (χ2v) is 5.94. The number of aliphatic imine (C=N–C) groups is 1. The van der Waals surface area contributed by atoms with Crippen LogP contribution in [0.1, 0.15) is 24.2 Å². The van der Waals surface area contributed by atoms with Crippen molar-refractivity contribution < 1.29 is 23.4 Å². The minimum absolute atomic E-state index is 0.0441. The lowest BCUT2D eigenvalue weighted by atomic mass is 10.1. The maximum absolute atomic E-state index is 13.8. The molecule has 0 amide bonds. The van der Waals surface area contributed by atoms with Crippen molar-refractivity contribution in [3.8, 4) is 11.5 Å². The first-order valence-electron chi connectivity index (χ1n) is 8.84. The number of nitrogens with zero attached hydrogens (tertiary/aromatic N) is 1. The molecule has 0 radical (unpaired) electrons. The summed E-state index contributed by atoms with van der Waals surface area (Å²) < 4.78 is 37.5. The van der Waals surface area contributed by atoms with Crippen LogP contribution in [0.2, 0.25) is 0 Å². The molecule has 0 bridgehead atoms. The number of benzene rings is 2. The summed E-state index contributed by atoms with van der Waals surface area (Å²) >= 11 is 0. The molecule has 8 heteroatoms.